The molecule has 2 aromatic rings. The molecule has 0 aliphatic carbocycles. The standard InChI is InChI=1S/C12H14N4O3/c1-7-5-8(2)16(12(18)14-7)6-10-9(3-4-19-10)11(17)15-13/h3-5H,6,13H2,1-2H3,(H,15,17). The molecule has 0 aliphatic rings. The summed E-state index contributed by atoms with van der Waals surface area (Å²) in [6.07, 6.45) is 1.38. The quantitative estimate of drug-likeness (QED) is 0.464. The van der Waals surface area contributed by atoms with Gasteiger partial charge in [0.1, 0.15) is 5.76 Å². The van der Waals surface area contributed by atoms with E-state index in [1.165, 1.54) is 16.9 Å². The van der Waals surface area contributed by atoms with Crippen LogP contribution in [-0.2, 0) is 6.54 Å². The van der Waals surface area contributed by atoms with E-state index >= 15 is 0 Å². The van der Waals surface area contributed by atoms with Crippen molar-refractivity contribution in [3.8, 4) is 0 Å². The highest BCUT2D eigenvalue weighted by Crippen LogP contribution is 2.12. The van der Waals surface area contributed by atoms with Gasteiger partial charge < -0.3 is 4.42 Å². The summed E-state index contributed by atoms with van der Waals surface area (Å²) >= 11 is 0. The molecular weight excluding hydrogens is 248 g/mol. The first-order valence-corrected chi connectivity index (χ1v) is 5.65. The van der Waals surface area contributed by atoms with Gasteiger partial charge in [0, 0.05) is 11.4 Å². The van der Waals surface area contributed by atoms with Crippen molar-refractivity contribution < 1.29 is 9.21 Å². The molecule has 0 spiro atoms. The molecule has 100 valence electrons. The third kappa shape index (κ3) is 2.55. The van der Waals surface area contributed by atoms with Crippen molar-refractivity contribution in [3.63, 3.8) is 0 Å². The Labute approximate surface area is 109 Å². The molecule has 0 fully saturated rings. The molecule has 7 nitrogen and oxygen atoms in total. The Hall–Kier alpha value is -2.41. The average molecular weight is 262 g/mol. The molecule has 0 radical (unpaired) electrons. The zero-order chi connectivity index (χ0) is 14.0. The summed E-state index contributed by atoms with van der Waals surface area (Å²) in [6, 6.07) is 3.28. The minimum absolute atomic E-state index is 0.133. The summed E-state index contributed by atoms with van der Waals surface area (Å²) in [6.45, 7) is 3.67. The number of nitrogens with two attached hydrogens (primary N) is 1. The average Bonchev–Trinajstić information content (AvgIpc) is 2.80. The van der Waals surface area contributed by atoms with Gasteiger partial charge in [0.05, 0.1) is 18.4 Å². The molecule has 0 bridgehead atoms. The number of furan rings is 1. The highest BCUT2D eigenvalue weighted by molar-refractivity contribution is 5.94. The predicted octanol–water partition coefficient (Wildman–Crippen LogP) is 0.105. The molecule has 0 unspecified atom stereocenters. The van der Waals surface area contributed by atoms with Crippen LogP contribution in [0.5, 0.6) is 0 Å². The Balaban J connectivity index is 2.40. The van der Waals surface area contributed by atoms with Gasteiger partial charge in [-0.05, 0) is 26.0 Å². The van der Waals surface area contributed by atoms with Crippen LogP contribution < -0.4 is 17.0 Å². The number of hydrogen-bond acceptors (Lipinski definition) is 5. The first kappa shape index (κ1) is 13.0. The smallest absolute Gasteiger partial charge is 0.348 e. The van der Waals surface area contributed by atoms with E-state index in [2.05, 4.69) is 4.98 Å². The van der Waals surface area contributed by atoms with Gasteiger partial charge >= 0.3 is 5.69 Å². The van der Waals surface area contributed by atoms with Gasteiger partial charge in [-0.25, -0.2) is 10.6 Å². The fraction of sp³-hybridized carbons (Fsp3) is 0.250. The summed E-state index contributed by atoms with van der Waals surface area (Å²) in [5, 5.41) is 0. The second-order valence-electron chi connectivity index (χ2n) is 4.14. The Morgan fingerprint density at radius 3 is 2.89 bits per heavy atom. The van der Waals surface area contributed by atoms with Crippen LogP contribution in [0.4, 0.5) is 0 Å². The molecule has 0 saturated carbocycles. The van der Waals surface area contributed by atoms with Crippen molar-refractivity contribution in [2.75, 3.05) is 0 Å². The first-order valence-electron chi connectivity index (χ1n) is 5.65. The van der Waals surface area contributed by atoms with E-state index < -0.39 is 5.91 Å². The molecule has 2 rings (SSSR count). The number of hydrogen-bond donors (Lipinski definition) is 2. The van der Waals surface area contributed by atoms with Gasteiger partial charge in [0.15, 0.2) is 0 Å². The van der Waals surface area contributed by atoms with Gasteiger partial charge in [0.25, 0.3) is 5.91 Å². The van der Waals surface area contributed by atoms with Crippen molar-refractivity contribution in [3.05, 3.63) is 51.6 Å². The lowest BCUT2D eigenvalue weighted by molar-refractivity contribution is 0.0951. The van der Waals surface area contributed by atoms with Gasteiger partial charge in [-0.1, -0.05) is 0 Å². The summed E-state index contributed by atoms with van der Waals surface area (Å²) in [4.78, 5) is 27.2. The molecule has 1 amide bonds. The molecule has 0 saturated heterocycles. The molecule has 2 aromatic heterocycles. The lowest BCUT2D eigenvalue weighted by Gasteiger charge is -2.09. The third-order valence-electron chi connectivity index (χ3n) is 2.77. The summed E-state index contributed by atoms with van der Waals surface area (Å²) in [5.74, 6) is 4.98. The summed E-state index contributed by atoms with van der Waals surface area (Å²) in [7, 11) is 0. The second-order valence-corrected chi connectivity index (χ2v) is 4.14. The molecule has 3 N–H and O–H groups in total. The number of aryl methyl sites for hydroxylation is 2. The van der Waals surface area contributed by atoms with Gasteiger partial charge in [0.2, 0.25) is 0 Å². The number of carbonyl (C=O) groups is 1. The van der Waals surface area contributed by atoms with Crippen LogP contribution in [0, 0.1) is 13.8 Å². The molecular formula is C12H14N4O3. The normalized spacial score (nSPS) is 10.5. The van der Waals surface area contributed by atoms with Crippen molar-refractivity contribution in [2.24, 2.45) is 5.84 Å². The van der Waals surface area contributed by atoms with E-state index in [-0.39, 0.29) is 12.2 Å². The Bertz CT molecular complexity index is 672. The molecule has 7 heteroatoms. The van der Waals surface area contributed by atoms with Crippen LogP contribution in [0.15, 0.2) is 27.6 Å². The minimum atomic E-state index is -0.463. The van der Waals surface area contributed by atoms with Crippen molar-refractivity contribution in [1.29, 1.82) is 0 Å². The number of rotatable bonds is 3. The van der Waals surface area contributed by atoms with Crippen LogP contribution in [0.1, 0.15) is 27.5 Å². The van der Waals surface area contributed by atoms with Gasteiger partial charge in [-0.2, -0.15) is 4.98 Å². The molecule has 0 atom stereocenters. The topological polar surface area (TPSA) is 103 Å². The van der Waals surface area contributed by atoms with Gasteiger partial charge in [-0.15, -0.1) is 0 Å². The monoisotopic (exact) mass is 262 g/mol. The number of nitrogens with one attached hydrogen (secondary N) is 1. The SMILES string of the molecule is Cc1cc(C)n(Cc2occc2C(=O)NN)c(=O)n1. The Kier molecular flexibility index (Phi) is 3.48. The number of amides is 1. The summed E-state index contributed by atoms with van der Waals surface area (Å²) < 4.78 is 6.66. The van der Waals surface area contributed by atoms with E-state index in [0.717, 1.165) is 5.69 Å². The molecule has 0 aromatic carbocycles. The van der Waals surface area contributed by atoms with Crippen LogP contribution >= 0.6 is 0 Å². The largest absolute Gasteiger partial charge is 0.467 e. The zero-order valence-electron chi connectivity index (χ0n) is 10.6. The zero-order valence-corrected chi connectivity index (χ0v) is 10.6. The Morgan fingerprint density at radius 1 is 1.53 bits per heavy atom. The van der Waals surface area contributed by atoms with Crippen molar-refractivity contribution in [1.82, 2.24) is 15.0 Å². The maximum absolute atomic E-state index is 11.8. The number of hydrazine groups is 1. The fourth-order valence-electron chi connectivity index (χ4n) is 1.85. The van der Waals surface area contributed by atoms with E-state index in [0.29, 0.717) is 17.0 Å². The summed E-state index contributed by atoms with van der Waals surface area (Å²) in [5.41, 5.74) is 3.34. The Morgan fingerprint density at radius 2 is 2.26 bits per heavy atom. The van der Waals surface area contributed by atoms with Crippen LogP contribution in [0.25, 0.3) is 0 Å². The number of nitrogens with zero attached hydrogens (tertiary/aromatic N) is 2. The number of carbonyl (C=O) groups excluding carboxylic acids is 1. The van der Waals surface area contributed by atoms with E-state index in [1.807, 2.05) is 5.43 Å². The third-order valence-corrected chi connectivity index (χ3v) is 2.77. The first-order chi connectivity index (χ1) is 9.02. The maximum Gasteiger partial charge on any atom is 0.348 e. The molecule has 19 heavy (non-hydrogen) atoms. The minimum Gasteiger partial charge on any atom is -0.467 e. The van der Waals surface area contributed by atoms with Gasteiger partial charge in [-0.3, -0.25) is 14.8 Å². The fourth-order valence-corrected chi connectivity index (χ4v) is 1.85. The van der Waals surface area contributed by atoms with E-state index in [9.17, 15) is 9.59 Å². The van der Waals surface area contributed by atoms with E-state index in [4.69, 9.17) is 10.3 Å². The van der Waals surface area contributed by atoms with E-state index in [1.54, 1.807) is 19.9 Å². The van der Waals surface area contributed by atoms with Crippen LogP contribution in [0.3, 0.4) is 0 Å². The second kappa shape index (κ2) is 5.07. The van der Waals surface area contributed by atoms with Crippen LogP contribution in [0.2, 0.25) is 0 Å². The van der Waals surface area contributed by atoms with Crippen molar-refractivity contribution >= 4 is 5.91 Å². The highest BCUT2D eigenvalue weighted by Gasteiger charge is 2.15. The molecule has 0 aliphatic heterocycles. The molecule has 2 heterocycles. The number of aromatic nitrogens is 2. The van der Waals surface area contributed by atoms with Crippen molar-refractivity contribution in [2.45, 2.75) is 20.4 Å². The highest BCUT2D eigenvalue weighted by atomic mass is 16.3. The maximum atomic E-state index is 11.8. The predicted molar refractivity (Wildman–Crippen MR) is 67.4 cm³/mol. The lowest BCUT2D eigenvalue weighted by atomic mass is 10.2. The number of nitrogen functional groups attached to an aromatic ring is 1. The lowest BCUT2D eigenvalue weighted by Crippen LogP contribution is -2.31. The van der Waals surface area contributed by atoms with Crippen LogP contribution in [-0.4, -0.2) is 15.5 Å².